The van der Waals surface area contributed by atoms with E-state index < -0.39 is 0 Å². The third kappa shape index (κ3) is 7.43. The summed E-state index contributed by atoms with van der Waals surface area (Å²) < 4.78 is 4.77. The highest BCUT2D eigenvalue weighted by Gasteiger charge is 1.87. The van der Waals surface area contributed by atoms with E-state index in [2.05, 4.69) is 5.32 Å². The first kappa shape index (κ1) is 8.43. The minimum absolute atomic E-state index is 0.0195. The van der Waals surface area contributed by atoms with Gasteiger partial charge in [0, 0.05) is 27.2 Å². The molecule has 0 aliphatic carbocycles. The summed E-state index contributed by atoms with van der Waals surface area (Å²) in [5.74, 6) is 0.0195. The Bertz CT molecular complexity index is 83.1. The van der Waals surface area contributed by atoms with Gasteiger partial charge in [0.25, 0.3) is 0 Å². The molecule has 3 nitrogen and oxygen atoms in total. The van der Waals surface area contributed by atoms with Gasteiger partial charge in [0.05, 0.1) is 0 Å². The Morgan fingerprint density at radius 2 is 2.33 bits per heavy atom. The van der Waals surface area contributed by atoms with Crippen molar-refractivity contribution in [1.29, 1.82) is 0 Å². The van der Waals surface area contributed by atoms with E-state index in [1.807, 2.05) is 0 Å². The van der Waals surface area contributed by atoms with Gasteiger partial charge in [-0.1, -0.05) is 0 Å². The Labute approximate surface area is 55.4 Å². The van der Waals surface area contributed by atoms with Crippen molar-refractivity contribution in [3.8, 4) is 0 Å². The third-order valence-electron chi connectivity index (χ3n) is 0.899. The van der Waals surface area contributed by atoms with Crippen LogP contribution in [-0.2, 0) is 9.53 Å². The van der Waals surface area contributed by atoms with Crippen LogP contribution in [0.2, 0.25) is 0 Å². The number of hydrogen-bond donors (Lipinski definition) is 1. The van der Waals surface area contributed by atoms with E-state index in [0.29, 0.717) is 13.2 Å². The van der Waals surface area contributed by atoms with Gasteiger partial charge >= 0.3 is 0 Å². The van der Waals surface area contributed by atoms with E-state index in [-0.39, 0.29) is 5.91 Å². The van der Waals surface area contributed by atoms with Gasteiger partial charge in [0.2, 0.25) is 5.91 Å². The van der Waals surface area contributed by atoms with Crippen molar-refractivity contribution in [2.45, 2.75) is 13.3 Å². The summed E-state index contributed by atoms with van der Waals surface area (Å²) in [6, 6.07) is 0. The molecule has 0 radical (unpaired) electrons. The van der Waals surface area contributed by atoms with E-state index in [0.717, 1.165) is 6.42 Å². The van der Waals surface area contributed by atoms with Crippen molar-refractivity contribution >= 4 is 5.91 Å². The van der Waals surface area contributed by atoms with Crippen LogP contribution in [-0.4, -0.2) is 26.2 Å². The lowest BCUT2D eigenvalue weighted by Gasteiger charge is -1.98. The fourth-order valence-electron chi connectivity index (χ4n) is 0.481. The van der Waals surface area contributed by atoms with Gasteiger partial charge in [-0.3, -0.25) is 4.79 Å². The molecule has 9 heavy (non-hydrogen) atoms. The molecule has 0 aromatic heterocycles. The normalized spacial score (nSPS) is 9.11. The molecule has 0 aliphatic rings. The highest BCUT2D eigenvalue weighted by molar-refractivity contribution is 5.72. The summed E-state index contributed by atoms with van der Waals surface area (Å²) >= 11 is 0. The maximum Gasteiger partial charge on any atom is 0.216 e. The average Bonchev–Trinajstić information content (AvgIpc) is 1.80. The zero-order valence-corrected chi connectivity index (χ0v) is 5.94. The molecule has 0 aliphatic heterocycles. The fourth-order valence-corrected chi connectivity index (χ4v) is 0.481. The second-order valence-corrected chi connectivity index (χ2v) is 1.83. The zero-order chi connectivity index (χ0) is 7.11. The number of ether oxygens (including phenoxy) is 1. The Morgan fingerprint density at radius 3 is 2.78 bits per heavy atom. The lowest BCUT2D eigenvalue weighted by atomic mass is 10.4. The summed E-state index contributed by atoms with van der Waals surface area (Å²) in [5, 5.41) is 2.66. The van der Waals surface area contributed by atoms with Crippen molar-refractivity contribution in [3.63, 3.8) is 0 Å². The number of rotatable bonds is 4. The van der Waals surface area contributed by atoms with Crippen molar-refractivity contribution in [2.75, 3.05) is 20.3 Å². The number of carbonyl (C=O) groups is 1. The predicted octanol–water partition coefficient (Wildman–Crippen LogP) is 0.159. The molecule has 54 valence electrons. The maximum atomic E-state index is 10.3. The van der Waals surface area contributed by atoms with Gasteiger partial charge < -0.3 is 10.1 Å². The van der Waals surface area contributed by atoms with Crippen LogP contribution in [0.1, 0.15) is 13.3 Å². The highest BCUT2D eigenvalue weighted by Crippen LogP contribution is 1.75. The first-order valence-corrected chi connectivity index (χ1v) is 3.00. The van der Waals surface area contributed by atoms with E-state index in [1.54, 1.807) is 7.11 Å². The van der Waals surface area contributed by atoms with Crippen LogP contribution in [0.5, 0.6) is 0 Å². The summed E-state index contributed by atoms with van der Waals surface area (Å²) in [7, 11) is 1.65. The largest absolute Gasteiger partial charge is 0.385 e. The number of amides is 1. The molecule has 0 saturated carbocycles. The smallest absolute Gasteiger partial charge is 0.216 e. The molecule has 0 unspecified atom stereocenters. The molecule has 0 heterocycles. The standard InChI is InChI=1S/C6H13NO2/c1-6(8)7-4-3-5-9-2/h3-5H2,1-2H3,(H,7,8). The van der Waals surface area contributed by atoms with Gasteiger partial charge in [0.1, 0.15) is 0 Å². The van der Waals surface area contributed by atoms with E-state index in [1.165, 1.54) is 6.92 Å². The summed E-state index contributed by atoms with van der Waals surface area (Å²) in [6.45, 7) is 2.93. The van der Waals surface area contributed by atoms with Crippen LogP contribution >= 0.6 is 0 Å². The predicted molar refractivity (Wildman–Crippen MR) is 35.2 cm³/mol. The zero-order valence-electron chi connectivity index (χ0n) is 5.94. The Balaban J connectivity index is 2.83. The topological polar surface area (TPSA) is 38.3 Å². The van der Waals surface area contributed by atoms with Gasteiger partial charge in [0.15, 0.2) is 0 Å². The number of nitrogens with one attached hydrogen (secondary N) is 1. The van der Waals surface area contributed by atoms with Crippen LogP contribution in [0.15, 0.2) is 0 Å². The fraction of sp³-hybridized carbons (Fsp3) is 0.833. The minimum Gasteiger partial charge on any atom is -0.385 e. The number of hydrogen-bond acceptors (Lipinski definition) is 2. The molecule has 0 saturated heterocycles. The van der Waals surface area contributed by atoms with Gasteiger partial charge in [-0.25, -0.2) is 0 Å². The molecule has 1 amide bonds. The van der Waals surface area contributed by atoms with Crippen LogP contribution in [0.3, 0.4) is 0 Å². The second-order valence-electron chi connectivity index (χ2n) is 1.83. The average molecular weight is 131 g/mol. The molecule has 1 N–H and O–H groups in total. The second kappa shape index (κ2) is 5.56. The molecule has 0 fully saturated rings. The van der Waals surface area contributed by atoms with Crippen molar-refractivity contribution in [2.24, 2.45) is 0 Å². The van der Waals surface area contributed by atoms with E-state index in [4.69, 9.17) is 4.74 Å². The van der Waals surface area contributed by atoms with Gasteiger partial charge in [-0.2, -0.15) is 0 Å². The summed E-state index contributed by atoms with van der Waals surface area (Å²) in [6.07, 6.45) is 0.885. The SMILES string of the molecule is COCCCNC(C)=O. The molecular formula is C6H13NO2. The Kier molecular flexibility index (Phi) is 5.21. The van der Waals surface area contributed by atoms with Crippen molar-refractivity contribution in [1.82, 2.24) is 5.32 Å². The molecule has 0 rings (SSSR count). The lowest BCUT2D eigenvalue weighted by Crippen LogP contribution is -2.21. The highest BCUT2D eigenvalue weighted by atomic mass is 16.5. The van der Waals surface area contributed by atoms with Crippen LogP contribution in [0.25, 0.3) is 0 Å². The molecule has 0 aromatic carbocycles. The Hall–Kier alpha value is -0.570. The molecule has 0 bridgehead atoms. The monoisotopic (exact) mass is 131 g/mol. The number of carbonyl (C=O) groups excluding carboxylic acids is 1. The van der Waals surface area contributed by atoms with Crippen molar-refractivity contribution < 1.29 is 9.53 Å². The van der Waals surface area contributed by atoms with Crippen LogP contribution < -0.4 is 5.32 Å². The molecule has 0 spiro atoms. The van der Waals surface area contributed by atoms with Crippen LogP contribution in [0, 0.1) is 0 Å². The first-order chi connectivity index (χ1) is 4.27. The molecule has 0 aromatic rings. The first-order valence-electron chi connectivity index (χ1n) is 3.00. The quantitative estimate of drug-likeness (QED) is 0.552. The van der Waals surface area contributed by atoms with E-state index >= 15 is 0 Å². The van der Waals surface area contributed by atoms with Crippen molar-refractivity contribution in [3.05, 3.63) is 0 Å². The van der Waals surface area contributed by atoms with Crippen LogP contribution in [0.4, 0.5) is 0 Å². The lowest BCUT2D eigenvalue weighted by molar-refractivity contribution is -0.118. The Morgan fingerprint density at radius 1 is 1.67 bits per heavy atom. The summed E-state index contributed by atoms with van der Waals surface area (Å²) in [4.78, 5) is 10.3. The molecular weight excluding hydrogens is 118 g/mol. The molecule has 0 atom stereocenters. The van der Waals surface area contributed by atoms with E-state index in [9.17, 15) is 4.79 Å². The van der Waals surface area contributed by atoms with Gasteiger partial charge in [-0.15, -0.1) is 0 Å². The molecule has 3 heteroatoms. The third-order valence-corrected chi connectivity index (χ3v) is 0.899. The number of methoxy groups -OCH3 is 1. The van der Waals surface area contributed by atoms with Gasteiger partial charge in [-0.05, 0) is 6.42 Å². The minimum atomic E-state index is 0.0195. The maximum absolute atomic E-state index is 10.3. The summed E-state index contributed by atoms with van der Waals surface area (Å²) in [5.41, 5.74) is 0.